The van der Waals surface area contributed by atoms with Crippen LogP contribution in [0.25, 0.3) is 0 Å². The molecular formula is C12H17BrO2. The minimum Gasteiger partial charge on any atom is -0.396 e. The highest BCUT2D eigenvalue weighted by Crippen LogP contribution is 2.24. The number of hydrogen-bond acceptors (Lipinski definition) is 2. The van der Waals surface area contributed by atoms with E-state index in [0.29, 0.717) is 0 Å². The van der Waals surface area contributed by atoms with E-state index in [1.165, 1.54) is 0 Å². The Labute approximate surface area is 99.4 Å². The summed E-state index contributed by atoms with van der Waals surface area (Å²) >= 11 is 3.43. The molecule has 0 radical (unpaired) electrons. The predicted octanol–water partition coefficient (Wildman–Crippen LogP) is 2.95. The first-order chi connectivity index (χ1) is 7.17. The minimum absolute atomic E-state index is 0.150. The van der Waals surface area contributed by atoms with Gasteiger partial charge < -0.3 is 9.84 Å². The summed E-state index contributed by atoms with van der Waals surface area (Å²) in [6, 6.07) is 8.05. The van der Waals surface area contributed by atoms with E-state index in [9.17, 15) is 5.11 Å². The van der Waals surface area contributed by atoms with Gasteiger partial charge in [0.25, 0.3) is 0 Å². The number of benzene rings is 1. The number of aliphatic hydroxyl groups is 1. The summed E-state index contributed by atoms with van der Waals surface area (Å²) in [6.07, 6.45) is 1.00. The molecule has 0 saturated heterocycles. The molecule has 0 heterocycles. The highest BCUT2D eigenvalue weighted by molar-refractivity contribution is 9.10. The fourth-order valence-electron chi connectivity index (χ4n) is 1.57. The zero-order valence-electron chi connectivity index (χ0n) is 9.11. The third-order valence-electron chi connectivity index (χ3n) is 2.56. The molecule has 2 nitrogen and oxygen atoms in total. The molecule has 0 spiro atoms. The van der Waals surface area contributed by atoms with E-state index in [0.717, 1.165) is 16.5 Å². The van der Waals surface area contributed by atoms with Crippen LogP contribution in [0.2, 0.25) is 0 Å². The normalized spacial score (nSPS) is 14.9. The fourth-order valence-corrected chi connectivity index (χ4v) is 1.99. The van der Waals surface area contributed by atoms with E-state index in [4.69, 9.17) is 4.74 Å². The lowest BCUT2D eigenvalue weighted by Crippen LogP contribution is -2.14. The number of aliphatic hydroxyl groups excluding tert-OH is 1. The summed E-state index contributed by atoms with van der Waals surface area (Å²) in [5.41, 5.74) is 1.15. The van der Waals surface area contributed by atoms with Gasteiger partial charge in [-0.05, 0) is 31.0 Å². The van der Waals surface area contributed by atoms with Crippen molar-refractivity contribution in [1.29, 1.82) is 0 Å². The van der Waals surface area contributed by atoms with Crippen molar-refractivity contribution in [2.24, 2.45) is 0 Å². The van der Waals surface area contributed by atoms with Gasteiger partial charge in [-0.3, -0.25) is 0 Å². The van der Waals surface area contributed by atoms with E-state index < -0.39 is 0 Å². The smallest absolute Gasteiger partial charge is 0.0549 e. The second-order valence-corrected chi connectivity index (χ2v) is 4.63. The van der Waals surface area contributed by atoms with E-state index in [1.807, 2.05) is 31.2 Å². The molecule has 0 aliphatic carbocycles. The molecule has 15 heavy (non-hydrogen) atoms. The molecule has 1 aromatic carbocycles. The van der Waals surface area contributed by atoms with Crippen LogP contribution in [-0.4, -0.2) is 24.9 Å². The predicted molar refractivity (Wildman–Crippen MR) is 65.1 cm³/mol. The van der Waals surface area contributed by atoms with Crippen LogP contribution in [0, 0.1) is 0 Å². The van der Waals surface area contributed by atoms with Crippen molar-refractivity contribution in [2.75, 3.05) is 13.7 Å². The third kappa shape index (κ3) is 3.93. The van der Waals surface area contributed by atoms with Gasteiger partial charge in [0.05, 0.1) is 12.7 Å². The Morgan fingerprint density at radius 2 is 2.20 bits per heavy atom. The quantitative estimate of drug-likeness (QED) is 0.893. The van der Waals surface area contributed by atoms with Gasteiger partial charge in [0.2, 0.25) is 0 Å². The molecule has 0 bridgehead atoms. The van der Waals surface area contributed by atoms with Gasteiger partial charge in [0, 0.05) is 17.5 Å². The standard InChI is InChI=1S/C12H17BrO2/c1-9(15-2)6-11(8-14)10-4-3-5-12(13)7-10/h3-5,7,9,11,14H,6,8H2,1-2H3. The Bertz CT molecular complexity index is 301. The van der Waals surface area contributed by atoms with Crippen molar-refractivity contribution in [2.45, 2.75) is 25.4 Å². The molecule has 0 saturated carbocycles. The van der Waals surface area contributed by atoms with Gasteiger partial charge >= 0.3 is 0 Å². The Morgan fingerprint density at radius 3 is 2.73 bits per heavy atom. The molecule has 2 unspecified atom stereocenters. The molecule has 0 aliphatic rings. The van der Waals surface area contributed by atoms with E-state index >= 15 is 0 Å². The molecule has 0 aromatic heterocycles. The van der Waals surface area contributed by atoms with Gasteiger partial charge in [-0.2, -0.15) is 0 Å². The minimum atomic E-state index is 0.150. The maximum atomic E-state index is 9.34. The van der Waals surface area contributed by atoms with Crippen molar-refractivity contribution in [3.63, 3.8) is 0 Å². The lowest BCUT2D eigenvalue weighted by molar-refractivity contribution is 0.0950. The molecule has 2 atom stereocenters. The lowest BCUT2D eigenvalue weighted by atomic mass is 9.94. The van der Waals surface area contributed by atoms with Crippen LogP contribution in [0.1, 0.15) is 24.8 Å². The van der Waals surface area contributed by atoms with Crippen molar-refractivity contribution >= 4 is 15.9 Å². The number of rotatable bonds is 5. The van der Waals surface area contributed by atoms with Gasteiger partial charge in [-0.15, -0.1) is 0 Å². The van der Waals surface area contributed by atoms with Crippen LogP contribution in [0.3, 0.4) is 0 Å². The summed E-state index contributed by atoms with van der Waals surface area (Å²) in [6.45, 7) is 2.17. The molecule has 1 N–H and O–H groups in total. The van der Waals surface area contributed by atoms with Crippen LogP contribution in [0.4, 0.5) is 0 Å². The maximum Gasteiger partial charge on any atom is 0.0549 e. The number of hydrogen-bond donors (Lipinski definition) is 1. The van der Waals surface area contributed by atoms with Gasteiger partial charge in [0.15, 0.2) is 0 Å². The largest absolute Gasteiger partial charge is 0.396 e. The van der Waals surface area contributed by atoms with Crippen LogP contribution in [0.15, 0.2) is 28.7 Å². The summed E-state index contributed by atoms with van der Waals surface area (Å²) in [4.78, 5) is 0. The van der Waals surface area contributed by atoms with Crippen molar-refractivity contribution in [1.82, 2.24) is 0 Å². The number of methoxy groups -OCH3 is 1. The molecule has 0 fully saturated rings. The first kappa shape index (κ1) is 12.7. The first-order valence-corrected chi connectivity index (χ1v) is 5.85. The molecule has 0 amide bonds. The molecule has 1 aromatic rings. The zero-order chi connectivity index (χ0) is 11.3. The molecule has 1 rings (SSSR count). The zero-order valence-corrected chi connectivity index (χ0v) is 10.7. The van der Waals surface area contributed by atoms with Crippen LogP contribution >= 0.6 is 15.9 Å². The van der Waals surface area contributed by atoms with E-state index in [-0.39, 0.29) is 18.6 Å². The summed E-state index contributed by atoms with van der Waals surface area (Å²) in [5.74, 6) is 0.150. The molecule has 0 aliphatic heterocycles. The van der Waals surface area contributed by atoms with Crippen LogP contribution in [-0.2, 0) is 4.74 Å². The fraction of sp³-hybridized carbons (Fsp3) is 0.500. The number of halogens is 1. The highest BCUT2D eigenvalue weighted by atomic mass is 79.9. The monoisotopic (exact) mass is 272 g/mol. The topological polar surface area (TPSA) is 29.5 Å². The van der Waals surface area contributed by atoms with Crippen LogP contribution < -0.4 is 0 Å². The van der Waals surface area contributed by atoms with Crippen molar-refractivity contribution in [3.8, 4) is 0 Å². The summed E-state index contributed by atoms with van der Waals surface area (Å²) < 4.78 is 6.26. The Kier molecular flexibility index (Phi) is 5.29. The van der Waals surface area contributed by atoms with Crippen LogP contribution in [0.5, 0.6) is 0 Å². The lowest BCUT2D eigenvalue weighted by Gasteiger charge is -2.18. The Balaban J connectivity index is 2.73. The number of ether oxygens (including phenoxy) is 1. The van der Waals surface area contributed by atoms with Crippen molar-refractivity contribution < 1.29 is 9.84 Å². The third-order valence-corrected chi connectivity index (χ3v) is 3.05. The Hall–Kier alpha value is -0.380. The Morgan fingerprint density at radius 1 is 1.47 bits per heavy atom. The molecular weight excluding hydrogens is 256 g/mol. The van der Waals surface area contributed by atoms with E-state index in [1.54, 1.807) is 7.11 Å². The maximum absolute atomic E-state index is 9.34. The molecule has 84 valence electrons. The summed E-state index contributed by atoms with van der Waals surface area (Å²) in [7, 11) is 1.69. The summed E-state index contributed by atoms with van der Waals surface area (Å²) in [5, 5.41) is 9.34. The average molecular weight is 273 g/mol. The van der Waals surface area contributed by atoms with Gasteiger partial charge in [-0.25, -0.2) is 0 Å². The average Bonchev–Trinajstić information content (AvgIpc) is 2.25. The second kappa shape index (κ2) is 6.26. The first-order valence-electron chi connectivity index (χ1n) is 5.06. The van der Waals surface area contributed by atoms with Gasteiger partial charge in [-0.1, -0.05) is 28.1 Å². The van der Waals surface area contributed by atoms with E-state index in [2.05, 4.69) is 15.9 Å². The SMILES string of the molecule is COC(C)CC(CO)c1cccc(Br)c1. The second-order valence-electron chi connectivity index (χ2n) is 3.72. The highest BCUT2D eigenvalue weighted by Gasteiger charge is 2.14. The van der Waals surface area contributed by atoms with Gasteiger partial charge in [0.1, 0.15) is 0 Å². The molecule has 3 heteroatoms. The van der Waals surface area contributed by atoms with Crippen molar-refractivity contribution in [3.05, 3.63) is 34.3 Å².